The highest BCUT2D eigenvalue weighted by atomic mass is 32.1. The third-order valence-corrected chi connectivity index (χ3v) is 6.04. The minimum absolute atomic E-state index is 0.0577. The lowest BCUT2D eigenvalue weighted by Gasteiger charge is -2.25. The molecular weight excluding hydrogens is 424 g/mol. The third kappa shape index (κ3) is 5.87. The topological polar surface area (TPSA) is 83.5 Å². The summed E-state index contributed by atoms with van der Waals surface area (Å²) in [5.74, 6) is 0.466. The van der Waals surface area contributed by atoms with E-state index in [0.29, 0.717) is 18.1 Å². The van der Waals surface area contributed by atoms with Crippen LogP contribution in [0.4, 0.5) is 11.6 Å². The summed E-state index contributed by atoms with van der Waals surface area (Å²) in [5, 5.41) is 6.30. The number of aromatic nitrogens is 3. The SMILES string of the molecule is Cc1cc(C)nc(Nc2cccc(C(=O)N(C)Cc3csc(CN4CCOCC4)n3)c2)n1. The molecule has 1 aliphatic heterocycles. The van der Waals surface area contributed by atoms with Crippen molar-refractivity contribution in [3.63, 3.8) is 0 Å². The molecule has 2 aromatic heterocycles. The number of hydrogen-bond acceptors (Lipinski definition) is 8. The predicted molar refractivity (Wildman–Crippen MR) is 125 cm³/mol. The summed E-state index contributed by atoms with van der Waals surface area (Å²) in [7, 11) is 1.80. The quantitative estimate of drug-likeness (QED) is 0.588. The maximum Gasteiger partial charge on any atom is 0.254 e. The Morgan fingerprint density at radius 1 is 1.16 bits per heavy atom. The van der Waals surface area contributed by atoms with E-state index < -0.39 is 0 Å². The predicted octanol–water partition coefficient (Wildman–Crippen LogP) is 3.40. The molecule has 1 aromatic carbocycles. The number of amides is 1. The van der Waals surface area contributed by atoms with E-state index in [1.807, 2.05) is 49.6 Å². The van der Waals surface area contributed by atoms with Gasteiger partial charge in [0.05, 0.1) is 32.0 Å². The maximum atomic E-state index is 13.0. The van der Waals surface area contributed by atoms with Crippen LogP contribution in [-0.2, 0) is 17.8 Å². The van der Waals surface area contributed by atoms with Gasteiger partial charge in [-0.3, -0.25) is 9.69 Å². The zero-order valence-electron chi connectivity index (χ0n) is 18.7. The van der Waals surface area contributed by atoms with Gasteiger partial charge in [0.2, 0.25) is 5.95 Å². The van der Waals surface area contributed by atoms with E-state index >= 15 is 0 Å². The number of anilines is 2. The molecule has 8 nitrogen and oxygen atoms in total. The van der Waals surface area contributed by atoms with Crippen molar-refractivity contribution in [2.24, 2.45) is 0 Å². The Morgan fingerprint density at radius 2 is 1.91 bits per heavy atom. The molecule has 3 heterocycles. The maximum absolute atomic E-state index is 13.0. The molecule has 1 saturated heterocycles. The van der Waals surface area contributed by atoms with Crippen molar-refractivity contribution < 1.29 is 9.53 Å². The van der Waals surface area contributed by atoms with Gasteiger partial charge in [0.25, 0.3) is 5.91 Å². The van der Waals surface area contributed by atoms with E-state index in [1.165, 1.54) is 0 Å². The average Bonchev–Trinajstić information content (AvgIpc) is 3.20. The van der Waals surface area contributed by atoms with Gasteiger partial charge >= 0.3 is 0 Å². The Labute approximate surface area is 192 Å². The molecule has 1 aliphatic rings. The van der Waals surface area contributed by atoms with Crippen LogP contribution in [0.1, 0.15) is 32.4 Å². The molecular formula is C23H28N6O2S. The van der Waals surface area contributed by atoms with Crippen molar-refractivity contribution in [2.45, 2.75) is 26.9 Å². The minimum atomic E-state index is -0.0577. The van der Waals surface area contributed by atoms with Crippen molar-refractivity contribution in [2.75, 3.05) is 38.7 Å². The van der Waals surface area contributed by atoms with Crippen molar-refractivity contribution >= 4 is 28.9 Å². The van der Waals surface area contributed by atoms with Gasteiger partial charge in [-0.25, -0.2) is 15.0 Å². The average molecular weight is 453 g/mol. The van der Waals surface area contributed by atoms with Crippen LogP contribution in [0.25, 0.3) is 0 Å². The summed E-state index contributed by atoms with van der Waals surface area (Å²) in [6, 6.07) is 9.32. The van der Waals surface area contributed by atoms with Gasteiger partial charge in [-0.2, -0.15) is 0 Å². The fraction of sp³-hybridized carbons (Fsp3) is 0.391. The number of benzene rings is 1. The summed E-state index contributed by atoms with van der Waals surface area (Å²) < 4.78 is 5.40. The van der Waals surface area contributed by atoms with Crippen LogP contribution < -0.4 is 5.32 Å². The summed E-state index contributed by atoms with van der Waals surface area (Å²) in [6.07, 6.45) is 0. The largest absolute Gasteiger partial charge is 0.379 e. The molecule has 4 rings (SSSR count). The standard InChI is InChI=1S/C23H28N6O2S/c1-16-11-17(2)25-23(24-16)27-19-6-4-5-18(12-19)22(30)28(3)13-20-15-32-21(26-20)14-29-7-9-31-10-8-29/h4-6,11-12,15H,7-10,13-14H2,1-3H3,(H,24,25,27). The van der Waals surface area contributed by atoms with Crippen LogP contribution in [0.3, 0.4) is 0 Å². The zero-order valence-corrected chi connectivity index (χ0v) is 19.5. The molecule has 0 aliphatic carbocycles. The van der Waals surface area contributed by atoms with Crippen molar-refractivity contribution in [3.8, 4) is 0 Å². The molecule has 168 valence electrons. The minimum Gasteiger partial charge on any atom is -0.379 e. The first-order valence-corrected chi connectivity index (χ1v) is 11.5. The van der Waals surface area contributed by atoms with E-state index in [1.54, 1.807) is 23.3 Å². The van der Waals surface area contributed by atoms with Gasteiger partial charge in [0.1, 0.15) is 5.01 Å². The number of morpholine rings is 1. The number of rotatable bonds is 7. The number of carbonyl (C=O) groups is 1. The van der Waals surface area contributed by atoms with Gasteiger partial charge in [-0.05, 0) is 38.1 Å². The molecule has 1 N–H and O–H groups in total. The number of nitrogens with zero attached hydrogens (tertiary/aromatic N) is 5. The Bertz CT molecular complexity index is 1060. The van der Waals surface area contributed by atoms with Gasteiger partial charge in [0.15, 0.2) is 0 Å². The Morgan fingerprint density at radius 3 is 2.66 bits per heavy atom. The molecule has 0 saturated carbocycles. The number of thiazole rings is 1. The molecule has 0 spiro atoms. The first-order chi connectivity index (χ1) is 15.5. The van der Waals surface area contributed by atoms with Crippen LogP contribution in [0.15, 0.2) is 35.7 Å². The van der Waals surface area contributed by atoms with Gasteiger partial charge in [0, 0.05) is 48.2 Å². The Hall–Kier alpha value is -2.88. The van der Waals surface area contributed by atoms with Crippen molar-refractivity contribution in [1.82, 2.24) is 24.8 Å². The molecule has 9 heteroatoms. The second kappa shape index (κ2) is 10.2. The third-order valence-electron chi connectivity index (χ3n) is 5.16. The second-order valence-corrected chi connectivity index (χ2v) is 8.91. The van der Waals surface area contributed by atoms with Gasteiger partial charge in [-0.1, -0.05) is 6.07 Å². The fourth-order valence-electron chi connectivity index (χ4n) is 3.62. The van der Waals surface area contributed by atoms with Crippen LogP contribution >= 0.6 is 11.3 Å². The van der Waals surface area contributed by atoms with E-state index in [9.17, 15) is 4.79 Å². The number of carbonyl (C=O) groups excluding carboxylic acids is 1. The summed E-state index contributed by atoms with van der Waals surface area (Å²) in [6.45, 7) is 8.59. The lowest BCUT2D eigenvalue weighted by molar-refractivity contribution is 0.0341. The number of ether oxygens (including phenoxy) is 1. The van der Waals surface area contributed by atoms with Crippen LogP contribution in [0, 0.1) is 13.8 Å². The lowest BCUT2D eigenvalue weighted by Crippen LogP contribution is -2.35. The molecule has 1 fully saturated rings. The number of aryl methyl sites for hydroxylation is 2. The smallest absolute Gasteiger partial charge is 0.254 e. The summed E-state index contributed by atoms with van der Waals surface area (Å²) >= 11 is 1.64. The van der Waals surface area contributed by atoms with E-state index in [-0.39, 0.29) is 5.91 Å². The van der Waals surface area contributed by atoms with Gasteiger partial charge in [-0.15, -0.1) is 11.3 Å². The summed E-state index contributed by atoms with van der Waals surface area (Å²) in [5.41, 5.74) is 4.07. The normalized spacial score (nSPS) is 14.3. The zero-order chi connectivity index (χ0) is 22.5. The fourth-order valence-corrected chi connectivity index (χ4v) is 4.45. The molecule has 0 atom stereocenters. The van der Waals surface area contributed by atoms with Crippen molar-refractivity contribution in [1.29, 1.82) is 0 Å². The number of nitrogens with one attached hydrogen (secondary N) is 1. The highest BCUT2D eigenvalue weighted by Gasteiger charge is 2.16. The second-order valence-electron chi connectivity index (χ2n) is 7.96. The molecule has 1 amide bonds. The van der Waals surface area contributed by atoms with E-state index in [0.717, 1.165) is 60.6 Å². The lowest BCUT2D eigenvalue weighted by atomic mass is 10.1. The highest BCUT2D eigenvalue weighted by molar-refractivity contribution is 7.09. The molecule has 3 aromatic rings. The van der Waals surface area contributed by atoms with Crippen LogP contribution in [0.2, 0.25) is 0 Å². The monoisotopic (exact) mass is 452 g/mol. The highest BCUT2D eigenvalue weighted by Crippen LogP contribution is 2.19. The first kappa shape index (κ1) is 22.3. The number of hydrogen-bond donors (Lipinski definition) is 1. The molecule has 0 bridgehead atoms. The summed E-state index contributed by atoms with van der Waals surface area (Å²) in [4.78, 5) is 30.6. The molecule has 32 heavy (non-hydrogen) atoms. The van der Waals surface area contributed by atoms with E-state index in [4.69, 9.17) is 9.72 Å². The van der Waals surface area contributed by atoms with Crippen LogP contribution in [-0.4, -0.2) is 64.0 Å². The van der Waals surface area contributed by atoms with Crippen molar-refractivity contribution in [3.05, 3.63) is 63.4 Å². The van der Waals surface area contributed by atoms with E-state index in [2.05, 4.69) is 20.2 Å². The molecule has 0 unspecified atom stereocenters. The Kier molecular flexibility index (Phi) is 7.09. The van der Waals surface area contributed by atoms with Crippen LogP contribution in [0.5, 0.6) is 0 Å². The first-order valence-electron chi connectivity index (χ1n) is 10.6. The van der Waals surface area contributed by atoms with Gasteiger partial charge < -0.3 is 15.0 Å². The molecule has 0 radical (unpaired) electrons. The Balaban J connectivity index is 1.38.